The molecule has 7 heteroatoms. The Hall–Kier alpha value is -3.25. The lowest BCUT2D eigenvalue weighted by molar-refractivity contribution is -0.136. The van der Waals surface area contributed by atoms with E-state index in [0.717, 1.165) is 0 Å². The van der Waals surface area contributed by atoms with Gasteiger partial charge in [-0.25, -0.2) is 13.9 Å². The van der Waals surface area contributed by atoms with Crippen LogP contribution in [-0.4, -0.2) is 28.1 Å². The second-order valence-electron chi connectivity index (χ2n) is 5.91. The van der Waals surface area contributed by atoms with E-state index in [2.05, 4.69) is 5.10 Å². The zero-order valence-corrected chi connectivity index (χ0v) is 15.7. The van der Waals surface area contributed by atoms with Crippen molar-refractivity contribution in [2.75, 3.05) is 6.61 Å². The van der Waals surface area contributed by atoms with Crippen LogP contribution in [0, 0.1) is 12.7 Å². The molecule has 3 rings (SSSR count). The highest BCUT2D eigenvalue weighted by Crippen LogP contribution is 2.24. The van der Waals surface area contributed by atoms with Crippen LogP contribution in [-0.2, 0) is 9.53 Å². The Morgan fingerprint density at radius 1 is 1.14 bits per heavy atom. The molecule has 0 aliphatic rings. The van der Waals surface area contributed by atoms with Gasteiger partial charge in [0.2, 0.25) is 0 Å². The standard InChI is InChI=1S/C21H16ClFN2O3/c1-14-18(21(22)25(24-14)17-9-7-16(23)8-10-17)11-12-20(27)28-13-19(26)15-5-3-2-4-6-15/h2-12H,13H2,1H3/b12-11+. The smallest absolute Gasteiger partial charge is 0.331 e. The molecule has 2 aromatic carbocycles. The molecule has 0 radical (unpaired) electrons. The molecular weight excluding hydrogens is 383 g/mol. The van der Waals surface area contributed by atoms with Gasteiger partial charge in [0.1, 0.15) is 11.0 Å². The van der Waals surface area contributed by atoms with Gasteiger partial charge in [0.05, 0.1) is 11.4 Å². The molecule has 0 unspecified atom stereocenters. The van der Waals surface area contributed by atoms with Gasteiger partial charge in [-0.3, -0.25) is 4.79 Å². The van der Waals surface area contributed by atoms with Crippen LogP contribution >= 0.6 is 11.6 Å². The molecule has 0 N–H and O–H groups in total. The first kappa shape index (κ1) is 19.5. The number of aryl methyl sites for hydroxylation is 1. The average molecular weight is 399 g/mol. The molecule has 28 heavy (non-hydrogen) atoms. The van der Waals surface area contributed by atoms with E-state index >= 15 is 0 Å². The van der Waals surface area contributed by atoms with Crippen LogP contribution in [0.25, 0.3) is 11.8 Å². The van der Waals surface area contributed by atoms with E-state index in [1.165, 1.54) is 29.0 Å². The van der Waals surface area contributed by atoms with Gasteiger partial charge in [-0.2, -0.15) is 5.10 Å². The fourth-order valence-corrected chi connectivity index (χ4v) is 2.83. The van der Waals surface area contributed by atoms with Crippen molar-refractivity contribution in [1.82, 2.24) is 9.78 Å². The first-order valence-electron chi connectivity index (χ1n) is 8.40. The zero-order valence-electron chi connectivity index (χ0n) is 14.9. The summed E-state index contributed by atoms with van der Waals surface area (Å²) in [7, 11) is 0. The van der Waals surface area contributed by atoms with Gasteiger partial charge in [0, 0.05) is 17.2 Å². The minimum atomic E-state index is -0.672. The van der Waals surface area contributed by atoms with Crippen molar-refractivity contribution in [2.24, 2.45) is 0 Å². The molecule has 0 aliphatic heterocycles. The van der Waals surface area contributed by atoms with E-state index in [9.17, 15) is 14.0 Å². The van der Waals surface area contributed by atoms with Crippen LogP contribution in [0.3, 0.4) is 0 Å². The third-order valence-electron chi connectivity index (χ3n) is 3.95. The zero-order chi connectivity index (χ0) is 20.1. The van der Waals surface area contributed by atoms with Crippen molar-refractivity contribution < 1.29 is 18.7 Å². The molecule has 5 nitrogen and oxygen atoms in total. The largest absolute Gasteiger partial charge is 0.454 e. The van der Waals surface area contributed by atoms with E-state index in [1.54, 1.807) is 49.4 Å². The maximum absolute atomic E-state index is 13.1. The highest BCUT2D eigenvalue weighted by Gasteiger charge is 2.13. The molecular formula is C21H16ClFN2O3. The Kier molecular flexibility index (Phi) is 6.01. The summed E-state index contributed by atoms with van der Waals surface area (Å²) in [4.78, 5) is 23.9. The molecule has 0 saturated carbocycles. The summed E-state index contributed by atoms with van der Waals surface area (Å²) in [6.45, 7) is 1.38. The van der Waals surface area contributed by atoms with E-state index in [0.29, 0.717) is 22.5 Å². The van der Waals surface area contributed by atoms with E-state index in [4.69, 9.17) is 16.3 Å². The summed E-state index contributed by atoms with van der Waals surface area (Å²) in [5.41, 5.74) is 2.17. The number of halogens is 2. The van der Waals surface area contributed by atoms with Gasteiger partial charge >= 0.3 is 5.97 Å². The predicted molar refractivity (Wildman–Crippen MR) is 104 cm³/mol. The van der Waals surface area contributed by atoms with Gasteiger partial charge in [-0.1, -0.05) is 41.9 Å². The number of Topliss-reactive ketones (excluding diaryl/α,β-unsaturated/α-hetero) is 1. The van der Waals surface area contributed by atoms with Crippen LogP contribution in [0.4, 0.5) is 4.39 Å². The van der Waals surface area contributed by atoms with Crippen LogP contribution < -0.4 is 0 Å². The first-order chi connectivity index (χ1) is 13.5. The molecule has 142 valence electrons. The van der Waals surface area contributed by atoms with Crippen molar-refractivity contribution in [2.45, 2.75) is 6.92 Å². The van der Waals surface area contributed by atoms with E-state index in [-0.39, 0.29) is 23.4 Å². The average Bonchev–Trinajstić information content (AvgIpc) is 2.99. The Morgan fingerprint density at radius 2 is 1.82 bits per heavy atom. The molecule has 0 atom stereocenters. The molecule has 1 aromatic heterocycles. The van der Waals surface area contributed by atoms with Gasteiger partial charge in [0.15, 0.2) is 12.4 Å². The second-order valence-corrected chi connectivity index (χ2v) is 6.27. The van der Waals surface area contributed by atoms with Gasteiger partial charge in [-0.15, -0.1) is 0 Å². The molecule has 0 fully saturated rings. The minimum Gasteiger partial charge on any atom is -0.454 e. The lowest BCUT2D eigenvalue weighted by Crippen LogP contribution is -2.12. The summed E-state index contributed by atoms with van der Waals surface area (Å²) in [6.07, 6.45) is 2.66. The number of carbonyl (C=O) groups excluding carboxylic acids is 2. The fourth-order valence-electron chi connectivity index (χ4n) is 2.50. The lowest BCUT2D eigenvalue weighted by atomic mass is 10.1. The fraction of sp³-hybridized carbons (Fsp3) is 0.0952. The topological polar surface area (TPSA) is 61.2 Å². The van der Waals surface area contributed by atoms with Crippen LogP contribution in [0.5, 0.6) is 0 Å². The number of hydrogen-bond donors (Lipinski definition) is 0. The second kappa shape index (κ2) is 8.63. The number of carbonyl (C=O) groups is 2. The van der Waals surface area contributed by atoms with E-state index < -0.39 is 5.97 Å². The number of ketones is 1. The van der Waals surface area contributed by atoms with Crippen molar-refractivity contribution in [3.8, 4) is 5.69 Å². The maximum Gasteiger partial charge on any atom is 0.331 e. The molecule has 3 aromatic rings. The van der Waals surface area contributed by atoms with Crippen LogP contribution in [0.2, 0.25) is 5.15 Å². The summed E-state index contributed by atoms with van der Waals surface area (Å²) < 4.78 is 19.5. The van der Waals surface area contributed by atoms with E-state index in [1.807, 2.05) is 0 Å². The van der Waals surface area contributed by atoms with Crippen LogP contribution in [0.15, 0.2) is 60.7 Å². The third-order valence-corrected chi connectivity index (χ3v) is 4.31. The molecule has 0 spiro atoms. The number of nitrogens with zero attached hydrogens (tertiary/aromatic N) is 2. The maximum atomic E-state index is 13.1. The molecule has 0 bridgehead atoms. The summed E-state index contributed by atoms with van der Waals surface area (Å²) >= 11 is 6.34. The van der Waals surface area contributed by atoms with Gasteiger partial charge in [-0.05, 0) is 37.3 Å². The van der Waals surface area contributed by atoms with Crippen molar-refractivity contribution in [3.05, 3.63) is 88.5 Å². The Morgan fingerprint density at radius 3 is 2.50 bits per heavy atom. The van der Waals surface area contributed by atoms with Crippen LogP contribution in [0.1, 0.15) is 21.6 Å². The Labute approximate surface area is 166 Å². The Bertz CT molecular complexity index is 1030. The number of benzene rings is 2. The van der Waals surface area contributed by atoms with Gasteiger partial charge in [0.25, 0.3) is 0 Å². The minimum absolute atomic E-state index is 0.272. The molecule has 0 aliphatic carbocycles. The Balaban J connectivity index is 1.67. The summed E-state index contributed by atoms with van der Waals surface area (Å²) in [5, 5.41) is 4.58. The number of hydrogen-bond acceptors (Lipinski definition) is 4. The molecule has 1 heterocycles. The summed E-state index contributed by atoms with van der Waals surface area (Å²) in [5.74, 6) is -1.33. The third kappa shape index (κ3) is 4.53. The number of esters is 1. The highest BCUT2D eigenvalue weighted by molar-refractivity contribution is 6.31. The monoisotopic (exact) mass is 398 g/mol. The number of aromatic nitrogens is 2. The van der Waals surface area contributed by atoms with Crippen molar-refractivity contribution >= 4 is 29.4 Å². The molecule has 0 amide bonds. The first-order valence-corrected chi connectivity index (χ1v) is 8.77. The van der Waals surface area contributed by atoms with Crippen molar-refractivity contribution in [1.29, 1.82) is 0 Å². The normalized spacial score (nSPS) is 11.0. The number of ether oxygens (including phenoxy) is 1. The lowest BCUT2D eigenvalue weighted by Gasteiger charge is -2.03. The highest BCUT2D eigenvalue weighted by atomic mass is 35.5. The SMILES string of the molecule is Cc1nn(-c2ccc(F)cc2)c(Cl)c1/C=C/C(=O)OCC(=O)c1ccccc1. The predicted octanol–water partition coefficient (Wildman–Crippen LogP) is 4.41. The summed E-state index contributed by atoms with van der Waals surface area (Å²) in [6, 6.07) is 14.3. The van der Waals surface area contributed by atoms with Crippen molar-refractivity contribution in [3.63, 3.8) is 0 Å². The quantitative estimate of drug-likeness (QED) is 0.350. The van der Waals surface area contributed by atoms with Gasteiger partial charge < -0.3 is 4.74 Å². The molecule has 0 saturated heterocycles. The number of rotatable bonds is 6.